The van der Waals surface area contributed by atoms with E-state index in [4.69, 9.17) is 11.6 Å². The van der Waals surface area contributed by atoms with Crippen molar-refractivity contribution >= 4 is 35.0 Å². The van der Waals surface area contributed by atoms with Gasteiger partial charge in [0.1, 0.15) is 5.75 Å². The fraction of sp³-hybridized carbons (Fsp3) is 0.591. The maximum Gasteiger partial charge on any atom is 0.233 e. The van der Waals surface area contributed by atoms with E-state index in [9.17, 15) is 19.5 Å². The van der Waals surface area contributed by atoms with E-state index in [1.165, 1.54) is 6.07 Å². The summed E-state index contributed by atoms with van der Waals surface area (Å²) in [7, 11) is 0. The molecular formula is C22H25ClN2O4. The smallest absolute Gasteiger partial charge is 0.233 e. The van der Waals surface area contributed by atoms with E-state index in [-0.39, 0.29) is 47.3 Å². The van der Waals surface area contributed by atoms with E-state index in [0.29, 0.717) is 48.2 Å². The zero-order chi connectivity index (χ0) is 20.3. The van der Waals surface area contributed by atoms with Crippen molar-refractivity contribution in [3.8, 4) is 5.75 Å². The molecule has 1 aromatic carbocycles. The number of imide groups is 1. The molecule has 0 unspecified atom stereocenters. The SMILES string of the molecule is O=C(Nc1ccc(Cl)cc1O)C1CCC(N2C(=O)[C@@H]3[C@@H]4CC[C@@H](C4)[C@@H]3C2=O)CC1. The summed E-state index contributed by atoms with van der Waals surface area (Å²) in [6, 6.07) is 4.51. The molecule has 29 heavy (non-hydrogen) atoms. The normalized spacial score (nSPS) is 35.8. The topological polar surface area (TPSA) is 86.7 Å². The molecule has 7 heteroatoms. The molecule has 0 radical (unpaired) electrons. The van der Waals surface area contributed by atoms with E-state index in [1.807, 2.05) is 0 Å². The summed E-state index contributed by atoms with van der Waals surface area (Å²) in [5.74, 6) is 0.359. The third kappa shape index (κ3) is 3.03. The van der Waals surface area contributed by atoms with Crippen LogP contribution in [0.1, 0.15) is 44.9 Å². The highest BCUT2D eigenvalue weighted by molar-refractivity contribution is 6.30. The molecule has 1 aliphatic heterocycles. The van der Waals surface area contributed by atoms with Crippen LogP contribution < -0.4 is 5.32 Å². The van der Waals surface area contributed by atoms with Crippen LogP contribution in [0.2, 0.25) is 5.02 Å². The van der Waals surface area contributed by atoms with Gasteiger partial charge in [-0.1, -0.05) is 11.6 Å². The maximum absolute atomic E-state index is 13.0. The Kier molecular flexibility index (Phi) is 4.57. The highest BCUT2D eigenvalue weighted by Crippen LogP contribution is 2.56. The number of carbonyl (C=O) groups is 3. The number of hydrogen-bond donors (Lipinski definition) is 2. The molecule has 4 atom stereocenters. The first-order chi connectivity index (χ1) is 13.9. The van der Waals surface area contributed by atoms with Crippen molar-refractivity contribution < 1.29 is 19.5 Å². The minimum Gasteiger partial charge on any atom is -0.506 e. The predicted molar refractivity (Wildman–Crippen MR) is 107 cm³/mol. The van der Waals surface area contributed by atoms with E-state index in [0.717, 1.165) is 19.3 Å². The van der Waals surface area contributed by atoms with Crippen LogP contribution in [-0.2, 0) is 14.4 Å². The van der Waals surface area contributed by atoms with Gasteiger partial charge >= 0.3 is 0 Å². The van der Waals surface area contributed by atoms with Crippen LogP contribution in [0, 0.1) is 29.6 Å². The molecule has 1 saturated heterocycles. The maximum atomic E-state index is 13.0. The van der Waals surface area contributed by atoms with Crippen molar-refractivity contribution in [3.05, 3.63) is 23.2 Å². The quantitative estimate of drug-likeness (QED) is 0.582. The van der Waals surface area contributed by atoms with E-state index in [2.05, 4.69) is 5.32 Å². The molecule has 0 spiro atoms. The zero-order valence-electron chi connectivity index (χ0n) is 16.1. The van der Waals surface area contributed by atoms with Crippen LogP contribution in [0.4, 0.5) is 5.69 Å². The summed E-state index contributed by atoms with van der Waals surface area (Å²) < 4.78 is 0. The first kappa shape index (κ1) is 18.9. The van der Waals surface area contributed by atoms with Crippen LogP contribution in [0.3, 0.4) is 0 Å². The Hall–Kier alpha value is -2.08. The lowest BCUT2D eigenvalue weighted by Gasteiger charge is -2.33. The Balaban J connectivity index is 1.21. The molecule has 154 valence electrons. The van der Waals surface area contributed by atoms with E-state index < -0.39 is 0 Å². The van der Waals surface area contributed by atoms with Gasteiger partial charge in [-0.3, -0.25) is 19.3 Å². The van der Waals surface area contributed by atoms with Gasteiger partial charge in [0.2, 0.25) is 17.7 Å². The van der Waals surface area contributed by atoms with Gasteiger partial charge in [-0.05, 0) is 68.9 Å². The lowest BCUT2D eigenvalue weighted by atomic mass is 9.81. The average Bonchev–Trinajstić information content (AvgIpc) is 3.38. The zero-order valence-corrected chi connectivity index (χ0v) is 16.9. The first-order valence-corrected chi connectivity index (χ1v) is 11.0. The molecule has 4 aliphatic rings. The summed E-state index contributed by atoms with van der Waals surface area (Å²) in [4.78, 5) is 40.2. The van der Waals surface area contributed by atoms with Gasteiger partial charge in [-0.15, -0.1) is 0 Å². The molecule has 0 aromatic heterocycles. The lowest BCUT2D eigenvalue weighted by Crippen LogP contribution is -2.44. The summed E-state index contributed by atoms with van der Waals surface area (Å²) in [5, 5.41) is 13.1. The van der Waals surface area contributed by atoms with Gasteiger partial charge in [-0.2, -0.15) is 0 Å². The Morgan fingerprint density at radius 2 is 1.62 bits per heavy atom. The Labute approximate surface area is 174 Å². The van der Waals surface area contributed by atoms with Gasteiger partial charge in [0, 0.05) is 23.0 Å². The highest BCUT2D eigenvalue weighted by Gasteiger charge is 2.61. The predicted octanol–water partition coefficient (Wildman–Crippen LogP) is 3.57. The van der Waals surface area contributed by atoms with Gasteiger partial charge in [0.15, 0.2) is 0 Å². The number of anilines is 1. The number of fused-ring (bicyclic) bond motifs is 5. The molecule has 4 fully saturated rings. The van der Waals surface area contributed by atoms with Crippen LogP contribution in [0.15, 0.2) is 18.2 Å². The standard InChI is InChI=1S/C22H25ClN2O4/c23-14-5-8-16(17(26)10-14)24-20(27)11-3-6-15(7-4-11)25-21(28)18-12-1-2-13(9-12)19(18)22(25)29/h5,8,10-13,15,18-19,26H,1-4,6-7,9H2,(H,24,27)/t11?,12-,13+,15?,18-,19+. The number of phenolic OH excluding ortho intramolecular Hbond substituents is 1. The van der Waals surface area contributed by atoms with Crippen LogP contribution >= 0.6 is 11.6 Å². The molecule has 1 heterocycles. The minimum absolute atomic E-state index is 0.0474. The van der Waals surface area contributed by atoms with Gasteiger partial charge in [0.05, 0.1) is 17.5 Å². The average molecular weight is 417 g/mol. The molecule has 3 aliphatic carbocycles. The Morgan fingerprint density at radius 1 is 1.00 bits per heavy atom. The van der Waals surface area contributed by atoms with Crippen LogP contribution in [0.5, 0.6) is 5.75 Å². The van der Waals surface area contributed by atoms with Crippen molar-refractivity contribution in [1.29, 1.82) is 0 Å². The third-order valence-electron chi connectivity index (χ3n) is 7.61. The largest absolute Gasteiger partial charge is 0.506 e. The number of carbonyl (C=O) groups excluding carboxylic acids is 3. The molecular weight excluding hydrogens is 392 g/mol. The number of hydrogen-bond acceptors (Lipinski definition) is 4. The monoisotopic (exact) mass is 416 g/mol. The van der Waals surface area contributed by atoms with Crippen molar-refractivity contribution in [2.45, 2.75) is 51.0 Å². The Bertz CT molecular complexity index is 852. The van der Waals surface area contributed by atoms with E-state index in [1.54, 1.807) is 17.0 Å². The van der Waals surface area contributed by atoms with Crippen molar-refractivity contribution in [2.75, 3.05) is 5.32 Å². The summed E-state index contributed by atoms with van der Waals surface area (Å²) in [6.07, 6.45) is 5.81. The van der Waals surface area contributed by atoms with Gasteiger partial charge < -0.3 is 10.4 Å². The second-order valence-corrected chi connectivity index (χ2v) is 9.52. The molecule has 5 rings (SSSR count). The third-order valence-corrected chi connectivity index (χ3v) is 7.85. The van der Waals surface area contributed by atoms with Crippen LogP contribution in [0.25, 0.3) is 0 Å². The number of nitrogens with one attached hydrogen (secondary N) is 1. The fourth-order valence-corrected chi connectivity index (χ4v) is 6.40. The minimum atomic E-state index is -0.190. The van der Waals surface area contributed by atoms with Gasteiger partial charge in [-0.25, -0.2) is 0 Å². The number of nitrogens with zero attached hydrogens (tertiary/aromatic N) is 1. The number of phenols is 1. The molecule has 1 aromatic rings. The second kappa shape index (κ2) is 7.01. The number of rotatable bonds is 3. The van der Waals surface area contributed by atoms with E-state index >= 15 is 0 Å². The molecule has 6 nitrogen and oxygen atoms in total. The number of benzene rings is 1. The summed E-state index contributed by atoms with van der Waals surface area (Å²) >= 11 is 5.83. The van der Waals surface area contributed by atoms with Gasteiger partial charge in [0.25, 0.3) is 0 Å². The molecule has 2 bridgehead atoms. The Morgan fingerprint density at radius 3 is 2.21 bits per heavy atom. The molecule has 2 N–H and O–H groups in total. The molecule has 3 amide bonds. The van der Waals surface area contributed by atoms with Crippen molar-refractivity contribution in [1.82, 2.24) is 4.90 Å². The van der Waals surface area contributed by atoms with Crippen molar-refractivity contribution in [2.24, 2.45) is 29.6 Å². The summed E-state index contributed by atoms with van der Waals surface area (Å²) in [6.45, 7) is 0. The second-order valence-electron chi connectivity index (χ2n) is 9.09. The first-order valence-electron chi connectivity index (χ1n) is 10.6. The number of halogens is 1. The fourth-order valence-electron chi connectivity index (χ4n) is 6.23. The van der Waals surface area contributed by atoms with Crippen LogP contribution in [-0.4, -0.2) is 33.8 Å². The van der Waals surface area contributed by atoms with Crippen molar-refractivity contribution in [3.63, 3.8) is 0 Å². The number of likely N-dealkylation sites (tertiary alicyclic amines) is 1. The highest BCUT2D eigenvalue weighted by atomic mass is 35.5. The summed E-state index contributed by atoms with van der Waals surface area (Å²) in [5.41, 5.74) is 0.342. The lowest BCUT2D eigenvalue weighted by molar-refractivity contribution is -0.144. The number of aromatic hydroxyl groups is 1. The number of amides is 3. The molecule has 3 saturated carbocycles.